The van der Waals surface area contributed by atoms with E-state index in [2.05, 4.69) is 25.4 Å². The van der Waals surface area contributed by atoms with Crippen molar-refractivity contribution >= 4 is 34.2 Å². The third kappa shape index (κ3) is 3.78. The number of aromatic nitrogens is 3. The third-order valence-electron chi connectivity index (χ3n) is 5.62. The second-order valence-electron chi connectivity index (χ2n) is 7.69. The Labute approximate surface area is 179 Å². The second kappa shape index (κ2) is 7.88. The van der Waals surface area contributed by atoms with E-state index in [0.717, 1.165) is 53.9 Å². The number of benzene rings is 2. The number of carbonyl (C=O) groups excluding carboxylic acids is 1. The van der Waals surface area contributed by atoms with Gasteiger partial charge in [-0.05, 0) is 54.1 Å². The molecule has 152 valence electrons. The lowest BCUT2D eigenvalue weighted by atomic mass is 10.0. The van der Waals surface area contributed by atoms with E-state index >= 15 is 0 Å². The van der Waals surface area contributed by atoms with Crippen molar-refractivity contribution in [2.75, 3.05) is 18.0 Å². The van der Waals surface area contributed by atoms with Crippen LogP contribution in [0.25, 0.3) is 22.2 Å². The lowest BCUT2D eigenvalue weighted by Gasteiger charge is -2.33. The minimum absolute atomic E-state index is 0.0396. The molecule has 1 aliphatic rings. The number of nitrogens with one attached hydrogen (secondary N) is 3. The maximum absolute atomic E-state index is 12.8. The van der Waals surface area contributed by atoms with Gasteiger partial charge in [0.1, 0.15) is 0 Å². The van der Waals surface area contributed by atoms with Crippen LogP contribution in [0.3, 0.4) is 0 Å². The molecule has 0 spiro atoms. The Morgan fingerprint density at radius 2 is 2.00 bits per heavy atom. The maximum atomic E-state index is 12.8. The molecule has 1 aliphatic heterocycles. The van der Waals surface area contributed by atoms with Gasteiger partial charge in [-0.3, -0.25) is 9.89 Å². The highest BCUT2D eigenvalue weighted by atomic mass is 35.5. The molecule has 2 aromatic carbocycles. The molecule has 3 heterocycles. The molecule has 1 atom stereocenters. The topological polar surface area (TPSA) is 76.8 Å². The van der Waals surface area contributed by atoms with Crippen molar-refractivity contribution in [2.24, 2.45) is 0 Å². The Morgan fingerprint density at radius 1 is 1.13 bits per heavy atom. The second-order valence-corrected chi connectivity index (χ2v) is 8.12. The Balaban J connectivity index is 1.26. The van der Waals surface area contributed by atoms with Gasteiger partial charge in [-0.15, -0.1) is 0 Å². The molecule has 5 rings (SSSR count). The molecule has 1 unspecified atom stereocenters. The monoisotopic (exact) mass is 419 g/mol. The first-order valence-corrected chi connectivity index (χ1v) is 10.5. The Morgan fingerprint density at radius 3 is 2.87 bits per heavy atom. The van der Waals surface area contributed by atoms with Gasteiger partial charge in [-0.25, -0.2) is 0 Å². The number of carbonyl (C=O) groups is 1. The van der Waals surface area contributed by atoms with Crippen molar-refractivity contribution in [1.82, 2.24) is 20.5 Å². The van der Waals surface area contributed by atoms with Crippen LogP contribution in [0, 0.1) is 0 Å². The van der Waals surface area contributed by atoms with Crippen LogP contribution in [-0.4, -0.2) is 40.2 Å². The molecule has 0 radical (unpaired) electrons. The van der Waals surface area contributed by atoms with Crippen LogP contribution in [0.15, 0.2) is 60.8 Å². The third-order valence-corrected chi connectivity index (χ3v) is 5.87. The van der Waals surface area contributed by atoms with Crippen molar-refractivity contribution < 1.29 is 4.79 Å². The quantitative estimate of drug-likeness (QED) is 0.452. The highest BCUT2D eigenvalue weighted by Gasteiger charge is 2.24. The molecule has 7 heteroatoms. The summed E-state index contributed by atoms with van der Waals surface area (Å²) in [6.45, 7) is 1.66. The molecule has 0 bridgehead atoms. The van der Waals surface area contributed by atoms with Crippen molar-refractivity contribution in [2.45, 2.75) is 18.9 Å². The molecule has 6 nitrogen and oxygen atoms in total. The number of rotatable bonds is 4. The summed E-state index contributed by atoms with van der Waals surface area (Å²) in [6, 6.07) is 17.6. The summed E-state index contributed by atoms with van der Waals surface area (Å²) in [5.41, 5.74) is 3.64. The lowest BCUT2D eigenvalue weighted by Crippen LogP contribution is -2.48. The van der Waals surface area contributed by atoms with E-state index < -0.39 is 0 Å². The van der Waals surface area contributed by atoms with Crippen LogP contribution in [0.4, 0.5) is 5.82 Å². The Kier molecular flexibility index (Phi) is 4.93. The summed E-state index contributed by atoms with van der Waals surface area (Å²) in [4.78, 5) is 18.1. The zero-order valence-corrected chi connectivity index (χ0v) is 17.1. The summed E-state index contributed by atoms with van der Waals surface area (Å²) >= 11 is 5.98. The van der Waals surface area contributed by atoms with E-state index in [4.69, 9.17) is 11.6 Å². The molecule has 1 amide bonds. The van der Waals surface area contributed by atoms with Crippen molar-refractivity contribution in [3.8, 4) is 11.3 Å². The number of piperidine rings is 1. The average Bonchev–Trinajstić information content (AvgIpc) is 3.44. The molecule has 30 heavy (non-hydrogen) atoms. The van der Waals surface area contributed by atoms with E-state index in [9.17, 15) is 4.79 Å². The van der Waals surface area contributed by atoms with E-state index in [0.29, 0.717) is 10.6 Å². The minimum atomic E-state index is -0.0396. The fraction of sp³-hybridized carbons (Fsp3) is 0.217. The standard InChI is InChI=1S/C23H22ClN5O/c24-18-7-5-15(6-8-18)21-13-22(28-27-21)29-11-1-2-19(14-29)26-23(30)17-4-3-16-9-10-25-20(16)12-17/h3-10,12-13,19,25H,1-2,11,14H2,(H,26,30)(H,27,28). The van der Waals surface area contributed by atoms with Gasteiger partial charge in [0, 0.05) is 47.5 Å². The van der Waals surface area contributed by atoms with Crippen LogP contribution in [0.2, 0.25) is 5.02 Å². The largest absolute Gasteiger partial charge is 0.361 e. The number of anilines is 1. The van der Waals surface area contributed by atoms with Crippen LogP contribution < -0.4 is 10.2 Å². The average molecular weight is 420 g/mol. The smallest absolute Gasteiger partial charge is 0.251 e. The molecule has 0 saturated carbocycles. The highest BCUT2D eigenvalue weighted by molar-refractivity contribution is 6.30. The van der Waals surface area contributed by atoms with E-state index in [-0.39, 0.29) is 11.9 Å². The van der Waals surface area contributed by atoms with E-state index in [1.54, 1.807) is 0 Å². The molecule has 2 aromatic heterocycles. The molecule has 0 aliphatic carbocycles. The Hall–Kier alpha value is -3.25. The van der Waals surface area contributed by atoms with Crippen LogP contribution in [0.5, 0.6) is 0 Å². The van der Waals surface area contributed by atoms with Crippen LogP contribution in [0.1, 0.15) is 23.2 Å². The first-order valence-electron chi connectivity index (χ1n) is 10.1. The first-order chi connectivity index (χ1) is 14.7. The Bertz CT molecular complexity index is 1180. The maximum Gasteiger partial charge on any atom is 0.251 e. The predicted octanol–water partition coefficient (Wildman–Crippen LogP) is 4.61. The van der Waals surface area contributed by atoms with Crippen molar-refractivity contribution in [1.29, 1.82) is 0 Å². The summed E-state index contributed by atoms with van der Waals surface area (Å²) < 4.78 is 0. The number of hydrogen-bond donors (Lipinski definition) is 3. The molecule has 4 aromatic rings. The van der Waals surface area contributed by atoms with Crippen molar-refractivity contribution in [3.63, 3.8) is 0 Å². The molecule has 1 saturated heterocycles. The zero-order chi connectivity index (χ0) is 20.5. The van der Waals surface area contributed by atoms with E-state index in [1.165, 1.54) is 0 Å². The summed E-state index contributed by atoms with van der Waals surface area (Å²) in [5.74, 6) is 0.855. The number of H-pyrrole nitrogens is 2. The SMILES string of the molecule is O=C(NC1CCCN(c2cc(-c3ccc(Cl)cc3)[nH]n2)C1)c1ccc2cc[nH]c2c1. The summed E-state index contributed by atoms with van der Waals surface area (Å²) in [7, 11) is 0. The number of halogens is 1. The van der Waals surface area contributed by atoms with Gasteiger partial charge in [0.25, 0.3) is 5.91 Å². The van der Waals surface area contributed by atoms with Gasteiger partial charge < -0.3 is 15.2 Å². The van der Waals surface area contributed by atoms with Gasteiger partial charge in [-0.1, -0.05) is 29.8 Å². The van der Waals surface area contributed by atoms with Gasteiger partial charge in [0.15, 0.2) is 5.82 Å². The van der Waals surface area contributed by atoms with E-state index in [1.807, 2.05) is 60.8 Å². The fourth-order valence-corrected chi connectivity index (χ4v) is 4.14. The summed E-state index contributed by atoms with van der Waals surface area (Å²) in [5, 5.41) is 12.6. The van der Waals surface area contributed by atoms with Crippen LogP contribution >= 0.6 is 11.6 Å². The predicted molar refractivity (Wildman–Crippen MR) is 120 cm³/mol. The van der Waals surface area contributed by atoms with Crippen molar-refractivity contribution in [3.05, 3.63) is 71.4 Å². The van der Waals surface area contributed by atoms with Gasteiger partial charge in [0.05, 0.1) is 5.69 Å². The molecular formula is C23H22ClN5O. The number of amides is 1. The zero-order valence-electron chi connectivity index (χ0n) is 16.4. The molecule has 3 N–H and O–H groups in total. The highest BCUT2D eigenvalue weighted by Crippen LogP contribution is 2.25. The fourth-order valence-electron chi connectivity index (χ4n) is 4.01. The first kappa shape index (κ1) is 18.8. The number of nitrogens with zero attached hydrogens (tertiary/aromatic N) is 2. The van der Waals surface area contributed by atoms with Gasteiger partial charge in [0.2, 0.25) is 0 Å². The normalized spacial score (nSPS) is 16.7. The van der Waals surface area contributed by atoms with Crippen LogP contribution in [-0.2, 0) is 0 Å². The van der Waals surface area contributed by atoms with Gasteiger partial charge in [-0.2, -0.15) is 5.10 Å². The molecular weight excluding hydrogens is 398 g/mol. The number of hydrogen-bond acceptors (Lipinski definition) is 3. The minimum Gasteiger partial charge on any atom is -0.361 e. The number of aromatic amines is 2. The van der Waals surface area contributed by atoms with Gasteiger partial charge >= 0.3 is 0 Å². The number of fused-ring (bicyclic) bond motifs is 1. The molecule has 1 fully saturated rings. The lowest BCUT2D eigenvalue weighted by molar-refractivity contribution is 0.0933. The summed E-state index contributed by atoms with van der Waals surface area (Å²) in [6.07, 6.45) is 3.85.